The second-order valence-corrected chi connectivity index (χ2v) is 4.05. The summed E-state index contributed by atoms with van der Waals surface area (Å²) in [7, 11) is 0. The number of aromatic nitrogens is 1. The van der Waals surface area contributed by atoms with Crippen LogP contribution in [-0.2, 0) is 9.53 Å². The Labute approximate surface area is 117 Å². The predicted molar refractivity (Wildman–Crippen MR) is 67.7 cm³/mol. The molecule has 0 aliphatic carbocycles. The van der Waals surface area contributed by atoms with Gasteiger partial charge in [-0.05, 0) is 34.5 Å². The first kappa shape index (κ1) is 17.2. The number of esters is 1. The summed E-state index contributed by atoms with van der Waals surface area (Å²) in [6.07, 6.45) is 1.18. The Morgan fingerprint density at radius 1 is 1.61 bits per heavy atom. The third-order valence-electron chi connectivity index (χ3n) is 2.05. The molecule has 0 unspecified atom stereocenters. The summed E-state index contributed by atoms with van der Waals surface area (Å²) >= 11 is 3.07. The van der Waals surface area contributed by atoms with E-state index in [0.717, 1.165) is 0 Å². The SMILES string of the molecule is CCOC(=O)C(F)(F)[C@H](N)c1ccc(Br)nc1.Cl. The number of hydrogen-bond acceptors (Lipinski definition) is 4. The summed E-state index contributed by atoms with van der Waals surface area (Å²) < 4.78 is 31.9. The molecule has 8 heteroatoms. The summed E-state index contributed by atoms with van der Waals surface area (Å²) in [6.45, 7) is 1.32. The average Bonchev–Trinajstić information content (AvgIpc) is 2.29. The molecule has 0 fully saturated rings. The number of halogens is 4. The van der Waals surface area contributed by atoms with E-state index in [2.05, 4.69) is 25.7 Å². The van der Waals surface area contributed by atoms with Gasteiger partial charge in [0.1, 0.15) is 10.6 Å². The zero-order valence-corrected chi connectivity index (χ0v) is 11.8. The number of carbonyl (C=O) groups is 1. The summed E-state index contributed by atoms with van der Waals surface area (Å²) in [4.78, 5) is 14.8. The van der Waals surface area contributed by atoms with E-state index in [0.29, 0.717) is 4.60 Å². The van der Waals surface area contributed by atoms with E-state index in [1.54, 1.807) is 0 Å². The molecule has 102 valence electrons. The van der Waals surface area contributed by atoms with E-state index < -0.39 is 17.9 Å². The highest BCUT2D eigenvalue weighted by Gasteiger charge is 2.47. The van der Waals surface area contributed by atoms with Crippen LogP contribution in [0.5, 0.6) is 0 Å². The Morgan fingerprint density at radius 3 is 2.67 bits per heavy atom. The van der Waals surface area contributed by atoms with E-state index in [4.69, 9.17) is 5.73 Å². The van der Waals surface area contributed by atoms with Crippen molar-refractivity contribution in [3.63, 3.8) is 0 Å². The van der Waals surface area contributed by atoms with Crippen LogP contribution < -0.4 is 5.73 Å². The largest absolute Gasteiger partial charge is 0.462 e. The second-order valence-electron chi connectivity index (χ2n) is 3.24. The maximum Gasteiger partial charge on any atom is 0.379 e. The van der Waals surface area contributed by atoms with Gasteiger partial charge >= 0.3 is 11.9 Å². The molecule has 18 heavy (non-hydrogen) atoms. The highest BCUT2D eigenvalue weighted by molar-refractivity contribution is 9.10. The van der Waals surface area contributed by atoms with Gasteiger partial charge in [0.15, 0.2) is 0 Å². The van der Waals surface area contributed by atoms with Crippen LogP contribution in [0.1, 0.15) is 18.5 Å². The number of nitrogens with zero attached hydrogens (tertiary/aromatic N) is 1. The standard InChI is InChI=1S/C10H11BrF2N2O2.ClH/c1-2-17-9(16)10(12,13)8(14)6-3-4-7(11)15-5-6;/h3-5,8H,2,14H2,1H3;1H/t8-;/m1./s1. The first-order chi connectivity index (χ1) is 7.89. The lowest BCUT2D eigenvalue weighted by atomic mass is 10.0. The molecule has 0 aliphatic heterocycles. The number of rotatable bonds is 4. The molecule has 0 amide bonds. The number of hydrogen-bond donors (Lipinski definition) is 1. The van der Waals surface area contributed by atoms with Crippen molar-refractivity contribution in [1.29, 1.82) is 0 Å². The quantitative estimate of drug-likeness (QED) is 0.672. The summed E-state index contributed by atoms with van der Waals surface area (Å²) in [5.74, 6) is -5.40. The van der Waals surface area contributed by atoms with Gasteiger partial charge in [-0.3, -0.25) is 0 Å². The first-order valence-corrected chi connectivity index (χ1v) is 5.61. The number of carbonyl (C=O) groups excluding carboxylic acids is 1. The van der Waals surface area contributed by atoms with Crippen LogP contribution >= 0.6 is 28.3 Å². The molecule has 1 heterocycles. The normalized spacial score (nSPS) is 12.5. The first-order valence-electron chi connectivity index (χ1n) is 4.81. The number of pyridine rings is 1. The zero-order chi connectivity index (χ0) is 13.1. The Balaban J connectivity index is 0.00000289. The molecular formula is C10H12BrClF2N2O2. The fourth-order valence-corrected chi connectivity index (χ4v) is 1.37. The molecule has 0 spiro atoms. The number of ether oxygens (including phenoxy) is 1. The summed E-state index contributed by atoms with van der Waals surface area (Å²) in [5, 5.41) is 0. The van der Waals surface area contributed by atoms with Crippen LogP contribution in [-0.4, -0.2) is 23.5 Å². The second kappa shape index (κ2) is 6.96. The van der Waals surface area contributed by atoms with Crippen molar-refractivity contribution in [3.05, 3.63) is 28.5 Å². The van der Waals surface area contributed by atoms with Crippen molar-refractivity contribution in [1.82, 2.24) is 4.98 Å². The van der Waals surface area contributed by atoms with Gasteiger partial charge < -0.3 is 10.5 Å². The topological polar surface area (TPSA) is 65.2 Å². The van der Waals surface area contributed by atoms with E-state index >= 15 is 0 Å². The van der Waals surface area contributed by atoms with Gasteiger partial charge in [0.05, 0.1) is 6.61 Å². The van der Waals surface area contributed by atoms with Gasteiger partial charge in [-0.25, -0.2) is 9.78 Å². The van der Waals surface area contributed by atoms with Crippen LogP contribution in [0.15, 0.2) is 22.9 Å². The third-order valence-corrected chi connectivity index (χ3v) is 2.52. The van der Waals surface area contributed by atoms with Crippen molar-refractivity contribution in [2.75, 3.05) is 6.61 Å². The van der Waals surface area contributed by atoms with Crippen LogP contribution in [0.2, 0.25) is 0 Å². The molecule has 0 aliphatic rings. The van der Waals surface area contributed by atoms with E-state index in [9.17, 15) is 13.6 Å². The third kappa shape index (κ3) is 3.86. The summed E-state index contributed by atoms with van der Waals surface area (Å²) in [6, 6.07) is 1.06. The minimum absolute atomic E-state index is 0. The van der Waals surface area contributed by atoms with E-state index in [-0.39, 0.29) is 24.6 Å². The minimum atomic E-state index is -3.77. The average molecular weight is 346 g/mol. The molecule has 0 saturated carbocycles. The van der Waals surface area contributed by atoms with Crippen LogP contribution in [0, 0.1) is 0 Å². The maximum absolute atomic E-state index is 13.5. The van der Waals surface area contributed by atoms with Crippen molar-refractivity contribution in [2.45, 2.75) is 18.9 Å². The minimum Gasteiger partial charge on any atom is -0.462 e. The molecular weight excluding hydrogens is 333 g/mol. The van der Waals surface area contributed by atoms with Gasteiger partial charge in [-0.2, -0.15) is 8.78 Å². The molecule has 0 radical (unpaired) electrons. The highest BCUT2D eigenvalue weighted by Crippen LogP contribution is 2.30. The lowest BCUT2D eigenvalue weighted by Crippen LogP contribution is -2.41. The van der Waals surface area contributed by atoms with Gasteiger partial charge in [-0.15, -0.1) is 12.4 Å². The molecule has 0 saturated heterocycles. The van der Waals surface area contributed by atoms with Crippen molar-refractivity contribution < 1.29 is 18.3 Å². The summed E-state index contributed by atoms with van der Waals surface area (Å²) in [5.41, 5.74) is 5.41. The Kier molecular flexibility index (Phi) is 6.66. The van der Waals surface area contributed by atoms with Gasteiger partial charge in [0, 0.05) is 6.20 Å². The van der Waals surface area contributed by atoms with E-state index in [1.165, 1.54) is 25.3 Å². The number of nitrogens with two attached hydrogens (primary N) is 1. The molecule has 1 rings (SSSR count). The Bertz CT molecular complexity index is 403. The molecule has 1 aromatic heterocycles. The Morgan fingerprint density at radius 2 is 2.22 bits per heavy atom. The smallest absolute Gasteiger partial charge is 0.379 e. The van der Waals surface area contributed by atoms with Crippen molar-refractivity contribution in [3.8, 4) is 0 Å². The molecule has 1 aromatic rings. The van der Waals surface area contributed by atoms with Gasteiger partial charge in [0.2, 0.25) is 0 Å². The monoisotopic (exact) mass is 344 g/mol. The van der Waals surface area contributed by atoms with Crippen LogP contribution in [0.3, 0.4) is 0 Å². The maximum atomic E-state index is 13.5. The lowest BCUT2D eigenvalue weighted by molar-refractivity contribution is -0.174. The molecule has 0 bridgehead atoms. The molecule has 4 nitrogen and oxygen atoms in total. The molecule has 2 N–H and O–H groups in total. The fraction of sp³-hybridized carbons (Fsp3) is 0.400. The molecule has 0 aromatic carbocycles. The fourth-order valence-electron chi connectivity index (χ4n) is 1.13. The predicted octanol–water partition coefficient (Wildman–Crippen LogP) is 2.46. The Hall–Kier alpha value is -0.790. The van der Waals surface area contributed by atoms with Gasteiger partial charge in [0.25, 0.3) is 0 Å². The van der Waals surface area contributed by atoms with E-state index in [1.807, 2.05) is 0 Å². The lowest BCUT2D eigenvalue weighted by Gasteiger charge is -2.21. The zero-order valence-electron chi connectivity index (χ0n) is 9.40. The van der Waals surface area contributed by atoms with Crippen LogP contribution in [0.25, 0.3) is 0 Å². The molecule has 1 atom stereocenters. The van der Waals surface area contributed by atoms with Crippen LogP contribution in [0.4, 0.5) is 8.78 Å². The van der Waals surface area contributed by atoms with Crippen molar-refractivity contribution in [2.24, 2.45) is 5.73 Å². The highest BCUT2D eigenvalue weighted by atomic mass is 79.9. The number of alkyl halides is 2. The van der Waals surface area contributed by atoms with Gasteiger partial charge in [-0.1, -0.05) is 6.07 Å². The van der Waals surface area contributed by atoms with Crippen molar-refractivity contribution >= 4 is 34.3 Å².